The second kappa shape index (κ2) is 14.6. The molecule has 0 unspecified atom stereocenters. The standard InChI is InChI=1S/C34H34F3N5O2S2/c1-22(2)28-18-23(3)12-17-29(28)42-31(43)20-46-33(42)39-30(45)11-6-4-5-8-24-9-7-10-25(19-24)32-38-21-41(40-32)26-13-15-27(16-14-26)44-34(35,36)37/h7,9-10,12-19,21-22H,4-6,8,11,20H2,1-3H3. The molecule has 1 aliphatic heterocycles. The molecule has 7 nitrogen and oxygen atoms in total. The van der Waals surface area contributed by atoms with Crippen LogP contribution in [0.1, 0.15) is 62.1 Å². The first-order chi connectivity index (χ1) is 22.0. The van der Waals surface area contributed by atoms with Crippen LogP contribution in [0.2, 0.25) is 0 Å². The van der Waals surface area contributed by atoms with Crippen LogP contribution >= 0.6 is 24.0 Å². The van der Waals surface area contributed by atoms with E-state index in [1.165, 1.54) is 47.0 Å². The lowest BCUT2D eigenvalue weighted by molar-refractivity contribution is -0.274. The zero-order valence-corrected chi connectivity index (χ0v) is 27.4. The van der Waals surface area contributed by atoms with Gasteiger partial charge in [0.1, 0.15) is 17.1 Å². The van der Waals surface area contributed by atoms with E-state index in [-0.39, 0.29) is 17.6 Å². The minimum atomic E-state index is -4.74. The van der Waals surface area contributed by atoms with Gasteiger partial charge in [-0.15, -0.1) is 18.3 Å². The van der Waals surface area contributed by atoms with E-state index in [0.29, 0.717) is 33.8 Å². The molecule has 0 aliphatic carbocycles. The fraction of sp³-hybridized carbons (Fsp3) is 0.324. The third-order valence-electron chi connectivity index (χ3n) is 7.40. The highest BCUT2D eigenvalue weighted by Crippen LogP contribution is 2.34. The van der Waals surface area contributed by atoms with Gasteiger partial charge in [-0.2, -0.15) is 0 Å². The second-order valence-corrected chi connectivity index (χ2v) is 12.8. The van der Waals surface area contributed by atoms with Crippen molar-refractivity contribution in [2.45, 2.75) is 65.2 Å². The first kappa shape index (κ1) is 33.3. The number of carbonyl (C=O) groups is 1. The van der Waals surface area contributed by atoms with Crippen molar-refractivity contribution < 1.29 is 22.7 Å². The molecule has 1 aromatic heterocycles. The van der Waals surface area contributed by atoms with Crippen molar-refractivity contribution >= 4 is 45.7 Å². The Hall–Kier alpha value is -4.03. The average Bonchev–Trinajstić information content (AvgIpc) is 3.64. The smallest absolute Gasteiger partial charge is 0.406 e. The molecule has 5 rings (SSSR count). The van der Waals surface area contributed by atoms with E-state index >= 15 is 0 Å². The number of halogens is 3. The number of amides is 1. The van der Waals surface area contributed by atoms with Crippen LogP contribution in [0.3, 0.4) is 0 Å². The lowest BCUT2D eigenvalue weighted by atomic mass is 9.98. The van der Waals surface area contributed by atoms with E-state index in [4.69, 9.17) is 17.2 Å². The molecule has 1 amide bonds. The Kier molecular flexibility index (Phi) is 10.6. The monoisotopic (exact) mass is 665 g/mol. The van der Waals surface area contributed by atoms with Gasteiger partial charge in [0.05, 0.1) is 17.1 Å². The van der Waals surface area contributed by atoms with E-state index in [2.05, 4.69) is 53.8 Å². The highest BCUT2D eigenvalue weighted by Gasteiger charge is 2.32. The van der Waals surface area contributed by atoms with E-state index in [1.807, 2.05) is 24.3 Å². The van der Waals surface area contributed by atoms with Crippen molar-refractivity contribution in [2.24, 2.45) is 4.99 Å². The van der Waals surface area contributed by atoms with Crippen LogP contribution in [0.15, 0.2) is 78.0 Å². The first-order valence-electron chi connectivity index (χ1n) is 15.0. The Morgan fingerprint density at radius 1 is 1.07 bits per heavy atom. The molecule has 3 aromatic carbocycles. The van der Waals surface area contributed by atoms with Gasteiger partial charge in [0, 0.05) is 12.0 Å². The second-order valence-electron chi connectivity index (χ2n) is 11.3. The number of hydrogen-bond donors (Lipinski definition) is 0. The molecule has 0 bridgehead atoms. The highest BCUT2D eigenvalue weighted by molar-refractivity contribution is 8.15. The quantitative estimate of drug-likeness (QED) is 0.118. The van der Waals surface area contributed by atoms with E-state index in [1.54, 1.807) is 4.90 Å². The molecule has 0 spiro atoms. The molecule has 0 saturated carbocycles. The molecule has 0 radical (unpaired) electrons. The average molecular weight is 666 g/mol. The number of benzene rings is 3. The number of thiocarbonyl (C=S) groups is 1. The Bertz CT molecular complexity index is 1740. The Morgan fingerprint density at radius 3 is 2.59 bits per heavy atom. The van der Waals surface area contributed by atoms with Gasteiger partial charge in [-0.05, 0) is 79.6 Å². The number of unbranched alkanes of at least 4 members (excludes halogenated alkanes) is 2. The number of amidine groups is 1. The minimum absolute atomic E-state index is 0.0233. The fourth-order valence-corrected chi connectivity index (χ4v) is 6.33. The number of thioether (sulfide) groups is 1. The normalized spacial score (nSPS) is 14.5. The first-order valence-corrected chi connectivity index (χ1v) is 16.4. The third-order valence-corrected chi connectivity index (χ3v) is 8.62. The summed E-state index contributed by atoms with van der Waals surface area (Å²) in [7, 11) is 0. The van der Waals surface area contributed by atoms with Crippen molar-refractivity contribution in [3.63, 3.8) is 0 Å². The van der Waals surface area contributed by atoms with Crippen molar-refractivity contribution in [1.29, 1.82) is 0 Å². The van der Waals surface area contributed by atoms with Gasteiger partial charge in [-0.25, -0.2) is 14.7 Å². The molecule has 4 aromatic rings. The number of aliphatic imine (C=N–C) groups is 1. The van der Waals surface area contributed by atoms with Crippen LogP contribution in [0.25, 0.3) is 17.1 Å². The number of aromatic nitrogens is 3. The fourth-order valence-electron chi connectivity index (χ4n) is 5.15. The zero-order chi connectivity index (χ0) is 32.8. The van der Waals surface area contributed by atoms with Crippen molar-refractivity contribution in [1.82, 2.24) is 14.8 Å². The maximum absolute atomic E-state index is 12.8. The van der Waals surface area contributed by atoms with Crippen LogP contribution in [0.5, 0.6) is 5.75 Å². The number of carbonyl (C=O) groups excluding carboxylic acids is 1. The summed E-state index contributed by atoms with van der Waals surface area (Å²) in [5, 5.41) is 5.16. The van der Waals surface area contributed by atoms with Crippen LogP contribution in [-0.2, 0) is 11.2 Å². The Labute approximate surface area is 275 Å². The van der Waals surface area contributed by atoms with Crippen LogP contribution in [-0.4, -0.2) is 42.9 Å². The molecule has 0 atom stereocenters. The van der Waals surface area contributed by atoms with Crippen molar-refractivity contribution in [3.05, 3.63) is 89.7 Å². The number of alkyl halides is 3. The molecular weight excluding hydrogens is 632 g/mol. The molecule has 240 valence electrons. The zero-order valence-electron chi connectivity index (χ0n) is 25.8. The predicted octanol–water partition coefficient (Wildman–Crippen LogP) is 8.83. The minimum Gasteiger partial charge on any atom is -0.406 e. The van der Waals surface area contributed by atoms with E-state index < -0.39 is 6.36 Å². The van der Waals surface area contributed by atoms with Gasteiger partial charge in [-0.3, -0.25) is 9.69 Å². The van der Waals surface area contributed by atoms with Gasteiger partial charge < -0.3 is 4.74 Å². The highest BCUT2D eigenvalue weighted by atomic mass is 32.2. The third kappa shape index (κ3) is 8.61. The maximum Gasteiger partial charge on any atom is 0.573 e. The molecule has 0 N–H and O–H groups in total. The predicted molar refractivity (Wildman–Crippen MR) is 181 cm³/mol. The summed E-state index contributed by atoms with van der Waals surface area (Å²) in [5.74, 6) is 0.872. The molecule has 2 heterocycles. The Morgan fingerprint density at radius 2 is 1.85 bits per heavy atom. The SMILES string of the molecule is Cc1ccc(N2C(=O)CSC2=NC(=S)CCCCCc2cccc(-c3ncn(-c4ccc(OC(F)(F)F)cc4)n3)c2)c(C(C)C)c1. The summed E-state index contributed by atoms with van der Waals surface area (Å²) in [4.78, 5) is 24.2. The van der Waals surface area contributed by atoms with Crippen molar-refractivity contribution in [3.8, 4) is 22.8 Å². The van der Waals surface area contributed by atoms with Gasteiger partial charge in [0.25, 0.3) is 0 Å². The topological polar surface area (TPSA) is 72.6 Å². The summed E-state index contributed by atoms with van der Waals surface area (Å²) < 4.78 is 42.8. The molecule has 1 fully saturated rings. The molecular formula is C34H34F3N5O2S2. The molecule has 1 saturated heterocycles. The van der Waals surface area contributed by atoms with Crippen LogP contribution in [0, 0.1) is 6.92 Å². The van der Waals surface area contributed by atoms with E-state index in [0.717, 1.165) is 53.6 Å². The number of rotatable bonds is 11. The number of anilines is 1. The van der Waals surface area contributed by atoms with Gasteiger partial charge >= 0.3 is 6.36 Å². The molecule has 1 aliphatic rings. The lowest BCUT2D eigenvalue weighted by Crippen LogP contribution is -2.30. The lowest BCUT2D eigenvalue weighted by Gasteiger charge is -2.22. The number of hydrogen-bond acceptors (Lipinski definition) is 6. The number of nitrogens with zero attached hydrogens (tertiary/aromatic N) is 5. The van der Waals surface area contributed by atoms with Gasteiger partial charge in [0.2, 0.25) is 5.91 Å². The summed E-state index contributed by atoms with van der Waals surface area (Å²) in [5.41, 5.74) is 5.73. The summed E-state index contributed by atoms with van der Waals surface area (Å²) >= 11 is 7.04. The van der Waals surface area contributed by atoms with Crippen LogP contribution in [0.4, 0.5) is 18.9 Å². The van der Waals surface area contributed by atoms with Gasteiger partial charge in [-0.1, -0.05) is 80.1 Å². The Balaban J connectivity index is 1.12. The molecule has 12 heteroatoms. The summed E-state index contributed by atoms with van der Waals surface area (Å²) in [6.07, 6.45) is 1.18. The maximum atomic E-state index is 12.8. The van der Waals surface area contributed by atoms with Crippen molar-refractivity contribution in [2.75, 3.05) is 10.7 Å². The van der Waals surface area contributed by atoms with E-state index in [9.17, 15) is 18.0 Å². The summed E-state index contributed by atoms with van der Waals surface area (Å²) in [6, 6.07) is 19.6. The molecule has 46 heavy (non-hydrogen) atoms. The summed E-state index contributed by atoms with van der Waals surface area (Å²) in [6.45, 7) is 6.30. The van der Waals surface area contributed by atoms with Crippen LogP contribution < -0.4 is 9.64 Å². The van der Waals surface area contributed by atoms with Gasteiger partial charge in [0.15, 0.2) is 11.0 Å². The largest absolute Gasteiger partial charge is 0.573 e. The number of ether oxygens (including phenoxy) is 1. The number of aryl methyl sites for hydroxylation is 2.